The zero-order valence-electron chi connectivity index (χ0n) is 18.9. The lowest BCUT2D eigenvalue weighted by molar-refractivity contribution is 0.252. The number of fused-ring (bicyclic) bond motifs is 1. The van der Waals surface area contributed by atoms with Crippen LogP contribution >= 0.6 is 23.3 Å². The van der Waals surface area contributed by atoms with Crippen molar-refractivity contribution in [2.24, 2.45) is 0 Å². The molecule has 2 amide bonds. The quantitative estimate of drug-likeness (QED) is 0.187. The summed E-state index contributed by atoms with van der Waals surface area (Å²) in [5.74, 6) is 1.37. The van der Waals surface area contributed by atoms with E-state index in [1.807, 2.05) is 38.1 Å². The predicted molar refractivity (Wildman–Crippen MR) is 135 cm³/mol. The Morgan fingerprint density at radius 2 is 2.00 bits per heavy atom. The van der Waals surface area contributed by atoms with Crippen molar-refractivity contribution in [1.82, 2.24) is 25.2 Å². The summed E-state index contributed by atoms with van der Waals surface area (Å²) in [6.07, 6.45) is 0.462. The van der Waals surface area contributed by atoms with Gasteiger partial charge in [-0.3, -0.25) is 10.0 Å². The number of carbonyl (C=O) groups is 1. The number of urea groups is 1. The van der Waals surface area contributed by atoms with Gasteiger partial charge in [0.2, 0.25) is 5.89 Å². The molecular weight excluding hydrogens is 472 g/mol. The van der Waals surface area contributed by atoms with Crippen LogP contribution in [0.1, 0.15) is 31.5 Å². The molecule has 178 valence electrons. The van der Waals surface area contributed by atoms with Gasteiger partial charge < -0.3 is 14.9 Å². The van der Waals surface area contributed by atoms with Crippen molar-refractivity contribution in [3.05, 3.63) is 54.2 Å². The molecule has 4 rings (SSSR count). The first-order chi connectivity index (χ1) is 16.5. The maximum absolute atomic E-state index is 12.3. The number of hydrogen-bond acceptors (Lipinski definition) is 9. The Balaban J connectivity index is 1.35. The summed E-state index contributed by atoms with van der Waals surface area (Å²) in [4.78, 5) is 22.2. The van der Waals surface area contributed by atoms with E-state index < -0.39 is 0 Å². The van der Waals surface area contributed by atoms with E-state index in [1.165, 1.54) is 23.3 Å². The highest BCUT2D eigenvalue weighted by atomic mass is 32.2. The van der Waals surface area contributed by atoms with Gasteiger partial charge in [0.1, 0.15) is 0 Å². The molecule has 0 saturated heterocycles. The maximum atomic E-state index is 12.3. The molecule has 0 fully saturated rings. The van der Waals surface area contributed by atoms with Gasteiger partial charge in [0, 0.05) is 30.3 Å². The van der Waals surface area contributed by atoms with E-state index in [0.717, 1.165) is 26.2 Å². The second kappa shape index (κ2) is 11.4. The summed E-state index contributed by atoms with van der Waals surface area (Å²) >= 11 is 2.91. The van der Waals surface area contributed by atoms with Gasteiger partial charge in [0.05, 0.1) is 16.8 Å². The van der Waals surface area contributed by atoms with Crippen LogP contribution in [0.15, 0.2) is 51.9 Å². The van der Waals surface area contributed by atoms with Gasteiger partial charge in [-0.1, -0.05) is 48.5 Å². The fraction of sp³-hybridized carbons (Fsp3) is 0.304. The minimum absolute atomic E-state index is 0.0981. The van der Waals surface area contributed by atoms with E-state index in [4.69, 9.17) is 9.63 Å². The highest BCUT2D eigenvalue weighted by Gasteiger charge is 2.12. The predicted octanol–water partition coefficient (Wildman–Crippen LogP) is 4.42. The standard InChI is InChI=1S/C23H26N6O3S2/c1-14(2)21-27-20(32-29-21)8-9-24-22(31)28-23-26-18-7-6-16(13-19(18)33-23)15-4-3-5-17(12-15)34-25-10-11-30/h3-7,12-14,25,30H,8-11H2,1-2H3,(H2,24,26,28,31). The number of aliphatic hydroxyl groups is 1. The third-order valence-corrected chi connectivity index (χ3v) is 6.58. The number of rotatable bonds is 10. The molecule has 0 spiro atoms. The van der Waals surface area contributed by atoms with Crippen molar-refractivity contribution in [1.29, 1.82) is 0 Å². The van der Waals surface area contributed by atoms with Gasteiger partial charge in [0.15, 0.2) is 11.0 Å². The van der Waals surface area contributed by atoms with Crippen molar-refractivity contribution in [3.63, 3.8) is 0 Å². The molecule has 0 radical (unpaired) electrons. The molecule has 2 heterocycles. The number of aromatic nitrogens is 3. The fourth-order valence-corrected chi connectivity index (χ4v) is 4.70. The van der Waals surface area contributed by atoms with E-state index in [0.29, 0.717) is 36.4 Å². The third kappa shape index (κ3) is 6.32. The van der Waals surface area contributed by atoms with Crippen LogP contribution in [0.3, 0.4) is 0 Å². The molecule has 0 aliphatic rings. The average molecular weight is 499 g/mol. The Bertz CT molecular complexity index is 1260. The number of anilines is 1. The minimum atomic E-state index is -0.331. The molecule has 2 aromatic heterocycles. The molecule has 4 aromatic rings. The Hall–Kier alpha value is -2.99. The van der Waals surface area contributed by atoms with Crippen molar-refractivity contribution in [3.8, 4) is 11.1 Å². The van der Waals surface area contributed by atoms with Crippen molar-refractivity contribution < 1.29 is 14.4 Å². The van der Waals surface area contributed by atoms with Gasteiger partial charge in [0.25, 0.3) is 0 Å². The van der Waals surface area contributed by atoms with Gasteiger partial charge in [-0.05, 0) is 47.3 Å². The largest absolute Gasteiger partial charge is 0.395 e. The van der Waals surface area contributed by atoms with Gasteiger partial charge in [-0.25, -0.2) is 9.78 Å². The normalized spacial score (nSPS) is 11.3. The average Bonchev–Trinajstić information content (AvgIpc) is 3.45. The Morgan fingerprint density at radius 1 is 1.15 bits per heavy atom. The van der Waals surface area contributed by atoms with Crippen LogP contribution in [0.5, 0.6) is 0 Å². The third-order valence-electron chi connectivity index (χ3n) is 4.80. The monoisotopic (exact) mass is 498 g/mol. The van der Waals surface area contributed by atoms with Crippen LogP contribution in [0.25, 0.3) is 21.3 Å². The molecular formula is C23H26N6O3S2. The molecule has 0 unspecified atom stereocenters. The lowest BCUT2D eigenvalue weighted by Gasteiger charge is -2.06. The molecule has 4 N–H and O–H groups in total. The number of benzene rings is 2. The van der Waals surface area contributed by atoms with Crippen LogP contribution in [-0.2, 0) is 6.42 Å². The van der Waals surface area contributed by atoms with Gasteiger partial charge in [-0.2, -0.15) is 4.98 Å². The Kier molecular flexibility index (Phi) is 8.12. The molecule has 0 atom stereocenters. The van der Waals surface area contributed by atoms with E-state index in [-0.39, 0.29) is 18.6 Å². The summed E-state index contributed by atoms with van der Waals surface area (Å²) in [6, 6.07) is 13.9. The highest BCUT2D eigenvalue weighted by molar-refractivity contribution is 7.97. The number of carbonyl (C=O) groups excluding carboxylic acids is 1. The van der Waals surface area contributed by atoms with E-state index >= 15 is 0 Å². The SMILES string of the molecule is CC(C)c1noc(CCNC(=O)Nc2nc3ccc(-c4cccc(SNCCO)c4)cc3s2)n1. The number of nitrogens with one attached hydrogen (secondary N) is 3. The van der Waals surface area contributed by atoms with Crippen LogP contribution in [0.4, 0.5) is 9.93 Å². The first kappa shape index (κ1) is 24.1. The smallest absolute Gasteiger partial charge is 0.321 e. The molecule has 0 aliphatic carbocycles. The van der Waals surface area contributed by atoms with E-state index in [1.54, 1.807) is 0 Å². The number of hydrogen-bond donors (Lipinski definition) is 4. The molecule has 11 heteroatoms. The maximum Gasteiger partial charge on any atom is 0.321 e. The molecule has 0 bridgehead atoms. The van der Waals surface area contributed by atoms with Gasteiger partial charge >= 0.3 is 6.03 Å². The van der Waals surface area contributed by atoms with Crippen molar-refractivity contribution in [2.45, 2.75) is 31.1 Å². The minimum Gasteiger partial charge on any atom is -0.395 e. The van der Waals surface area contributed by atoms with Crippen molar-refractivity contribution >= 4 is 44.7 Å². The Morgan fingerprint density at radius 3 is 2.79 bits per heavy atom. The fourth-order valence-electron chi connectivity index (χ4n) is 3.11. The van der Waals surface area contributed by atoms with Crippen molar-refractivity contribution in [2.75, 3.05) is 25.0 Å². The summed E-state index contributed by atoms with van der Waals surface area (Å²) < 4.78 is 9.28. The molecule has 2 aromatic carbocycles. The first-order valence-electron chi connectivity index (χ1n) is 10.9. The zero-order chi connectivity index (χ0) is 23.9. The summed E-state index contributed by atoms with van der Waals surface area (Å²) in [7, 11) is 0. The number of aliphatic hydroxyl groups excluding tert-OH is 1. The van der Waals surface area contributed by atoms with Crippen LogP contribution < -0.4 is 15.4 Å². The summed E-state index contributed by atoms with van der Waals surface area (Å²) in [5.41, 5.74) is 2.98. The molecule has 0 aliphatic heterocycles. The molecule has 9 nitrogen and oxygen atoms in total. The summed E-state index contributed by atoms with van der Waals surface area (Å²) in [5, 5.41) is 19.0. The number of amides is 2. The number of thiazole rings is 1. The van der Waals surface area contributed by atoms with Gasteiger partial charge in [-0.15, -0.1) is 0 Å². The van der Waals surface area contributed by atoms with Crippen LogP contribution in [-0.4, -0.2) is 46.0 Å². The topological polar surface area (TPSA) is 125 Å². The zero-order valence-corrected chi connectivity index (χ0v) is 20.5. The lowest BCUT2D eigenvalue weighted by Crippen LogP contribution is -2.30. The van der Waals surface area contributed by atoms with E-state index in [2.05, 4.69) is 48.7 Å². The molecule has 0 saturated carbocycles. The lowest BCUT2D eigenvalue weighted by atomic mass is 10.1. The highest BCUT2D eigenvalue weighted by Crippen LogP contribution is 2.31. The van der Waals surface area contributed by atoms with Crippen LogP contribution in [0, 0.1) is 0 Å². The van der Waals surface area contributed by atoms with Crippen LogP contribution in [0.2, 0.25) is 0 Å². The number of nitrogens with zero attached hydrogens (tertiary/aromatic N) is 3. The molecule has 34 heavy (non-hydrogen) atoms. The summed E-state index contributed by atoms with van der Waals surface area (Å²) in [6.45, 7) is 5.00. The Labute approximate surface area is 205 Å². The first-order valence-corrected chi connectivity index (χ1v) is 12.5. The second-order valence-corrected chi connectivity index (χ2v) is 9.78. The second-order valence-electron chi connectivity index (χ2n) is 7.78. The van der Waals surface area contributed by atoms with E-state index in [9.17, 15) is 4.79 Å².